The summed E-state index contributed by atoms with van der Waals surface area (Å²) in [5, 5.41) is 13.5. The van der Waals surface area contributed by atoms with Crippen LogP contribution in [0.2, 0.25) is 0 Å². The molecule has 0 unspecified atom stereocenters. The minimum atomic E-state index is -0.638. The second-order valence-electron chi connectivity index (χ2n) is 4.24. The maximum Gasteiger partial charge on any atom is 0.280 e. The van der Waals surface area contributed by atoms with Crippen LogP contribution in [0, 0.1) is 0 Å². The van der Waals surface area contributed by atoms with Crippen molar-refractivity contribution in [2.24, 2.45) is 0 Å². The number of hydrogen-bond acceptors (Lipinski definition) is 6. The van der Waals surface area contributed by atoms with Gasteiger partial charge in [0, 0.05) is 12.8 Å². The Balaban J connectivity index is 2.34. The van der Waals surface area contributed by atoms with Gasteiger partial charge >= 0.3 is 0 Å². The van der Waals surface area contributed by atoms with Crippen LogP contribution in [0.3, 0.4) is 0 Å². The first-order valence-corrected chi connectivity index (χ1v) is 5.67. The molecule has 2 aromatic heterocycles. The second-order valence-corrected chi connectivity index (χ2v) is 4.24. The van der Waals surface area contributed by atoms with E-state index >= 15 is 0 Å². The Morgan fingerprint density at radius 2 is 2.22 bits per heavy atom. The molecule has 6 heteroatoms. The van der Waals surface area contributed by atoms with Crippen LogP contribution in [0.25, 0.3) is 11.6 Å². The summed E-state index contributed by atoms with van der Waals surface area (Å²) in [5.41, 5.74) is -0.371. The quantitative estimate of drug-likeness (QED) is 0.893. The molecular weight excluding hydrogens is 234 g/mol. The third-order valence-corrected chi connectivity index (χ3v) is 2.46. The van der Waals surface area contributed by atoms with Crippen molar-refractivity contribution in [3.05, 3.63) is 24.2 Å². The van der Waals surface area contributed by atoms with E-state index in [9.17, 15) is 5.11 Å². The van der Waals surface area contributed by atoms with Crippen molar-refractivity contribution in [3.8, 4) is 17.3 Å². The second kappa shape index (κ2) is 4.73. The Morgan fingerprint density at radius 3 is 2.89 bits per heavy atom. The lowest BCUT2D eigenvalue weighted by Gasteiger charge is -2.19. The zero-order valence-electron chi connectivity index (χ0n) is 10.5. The lowest BCUT2D eigenvalue weighted by atomic mass is 10.1. The van der Waals surface area contributed by atoms with Crippen LogP contribution in [0.5, 0.6) is 5.75 Å². The largest absolute Gasteiger partial charge is 0.505 e. The van der Waals surface area contributed by atoms with Gasteiger partial charge in [0.1, 0.15) is 11.4 Å². The van der Waals surface area contributed by atoms with E-state index in [1.54, 1.807) is 12.3 Å². The van der Waals surface area contributed by atoms with Gasteiger partial charge in [-0.15, -0.1) is 0 Å². The van der Waals surface area contributed by atoms with E-state index in [4.69, 9.17) is 9.26 Å². The molecule has 0 fully saturated rings. The molecule has 1 N–H and O–H groups in total. The Labute approximate surface area is 105 Å². The Kier molecular flexibility index (Phi) is 3.29. The van der Waals surface area contributed by atoms with Gasteiger partial charge in [-0.25, -0.2) is 4.98 Å². The zero-order chi connectivity index (χ0) is 13.2. The first kappa shape index (κ1) is 12.5. The standard InChI is InChI=1S/C12H15N3O3/c1-4-17-12(2,3)11-14-10(18-15-11)9-8(16)6-5-7-13-9/h5-7,16H,4H2,1-3H3. The number of rotatable bonds is 4. The molecule has 0 aliphatic heterocycles. The summed E-state index contributed by atoms with van der Waals surface area (Å²) in [5.74, 6) is 0.599. The average Bonchev–Trinajstić information content (AvgIpc) is 2.79. The van der Waals surface area contributed by atoms with E-state index in [1.807, 2.05) is 20.8 Å². The van der Waals surface area contributed by atoms with Gasteiger partial charge in [-0.05, 0) is 32.9 Å². The first-order chi connectivity index (χ1) is 8.54. The van der Waals surface area contributed by atoms with Crippen LogP contribution < -0.4 is 0 Å². The fraction of sp³-hybridized carbons (Fsp3) is 0.417. The summed E-state index contributed by atoms with van der Waals surface area (Å²) in [7, 11) is 0. The van der Waals surface area contributed by atoms with Crippen molar-refractivity contribution in [2.45, 2.75) is 26.4 Å². The summed E-state index contributed by atoms with van der Waals surface area (Å²) >= 11 is 0. The molecule has 0 spiro atoms. The minimum absolute atomic E-state index is 0.00177. The summed E-state index contributed by atoms with van der Waals surface area (Å²) in [4.78, 5) is 8.21. The SMILES string of the molecule is CCOC(C)(C)c1noc(-c2ncccc2O)n1. The molecule has 2 aromatic rings. The van der Waals surface area contributed by atoms with E-state index in [0.717, 1.165) is 0 Å². The molecule has 0 bridgehead atoms. The smallest absolute Gasteiger partial charge is 0.280 e. The van der Waals surface area contributed by atoms with E-state index in [-0.39, 0.29) is 17.3 Å². The number of nitrogens with zero attached hydrogens (tertiary/aromatic N) is 3. The number of aromatic hydroxyl groups is 1. The number of hydrogen-bond donors (Lipinski definition) is 1. The molecular formula is C12H15N3O3. The maximum atomic E-state index is 9.66. The molecule has 2 rings (SSSR count). The van der Waals surface area contributed by atoms with Gasteiger partial charge in [-0.2, -0.15) is 4.98 Å². The molecule has 0 aliphatic rings. The molecule has 2 heterocycles. The molecule has 0 radical (unpaired) electrons. The van der Waals surface area contributed by atoms with Crippen molar-refractivity contribution >= 4 is 0 Å². The average molecular weight is 249 g/mol. The first-order valence-electron chi connectivity index (χ1n) is 5.67. The van der Waals surface area contributed by atoms with Crippen LogP contribution in [0.15, 0.2) is 22.9 Å². The summed E-state index contributed by atoms with van der Waals surface area (Å²) in [6.45, 7) is 6.14. The van der Waals surface area contributed by atoms with Gasteiger partial charge < -0.3 is 14.4 Å². The van der Waals surface area contributed by atoms with Gasteiger partial charge in [0.05, 0.1) is 0 Å². The third-order valence-electron chi connectivity index (χ3n) is 2.46. The predicted molar refractivity (Wildman–Crippen MR) is 63.8 cm³/mol. The molecule has 0 amide bonds. The molecule has 96 valence electrons. The molecule has 0 aromatic carbocycles. The van der Waals surface area contributed by atoms with E-state index in [2.05, 4.69) is 15.1 Å². The van der Waals surface area contributed by atoms with Crippen LogP contribution in [-0.2, 0) is 10.3 Å². The topological polar surface area (TPSA) is 81.3 Å². The maximum absolute atomic E-state index is 9.66. The van der Waals surface area contributed by atoms with Crippen molar-refractivity contribution in [1.29, 1.82) is 0 Å². The third kappa shape index (κ3) is 2.33. The van der Waals surface area contributed by atoms with Gasteiger partial charge in [-0.1, -0.05) is 5.16 Å². The Hall–Kier alpha value is -1.95. The molecule has 6 nitrogen and oxygen atoms in total. The fourth-order valence-electron chi connectivity index (χ4n) is 1.55. The highest BCUT2D eigenvalue weighted by Crippen LogP contribution is 2.28. The van der Waals surface area contributed by atoms with Gasteiger partial charge in [-0.3, -0.25) is 0 Å². The molecule has 0 aliphatic carbocycles. The molecule has 0 atom stereocenters. The van der Waals surface area contributed by atoms with E-state index in [0.29, 0.717) is 12.4 Å². The van der Waals surface area contributed by atoms with E-state index in [1.165, 1.54) is 6.07 Å². The van der Waals surface area contributed by atoms with Crippen LogP contribution in [-0.4, -0.2) is 26.8 Å². The normalized spacial score (nSPS) is 11.7. The zero-order valence-corrected chi connectivity index (χ0v) is 10.5. The molecule has 0 saturated carbocycles. The van der Waals surface area contributed by atoms with Crippen molar-refractivity contribution < 1.29 is 14.4 Å². The highest BCUT2D eigenvalue weighted by Gasteiger charge is 2.28. The number of ether oxygens (including phenoxy) is 1. The Bertz CT molecular complexity index is 537. The van der Waals surface area contributed by atoms with E-state index < -0.39 is 5.60 Å². The van der Waals surface area contributed by atoms with Crippen molar-refractivity contribution in [3.63, 3.8) is 0 Å². The van der Waals surface area contributed by atoms with Crippen LogP contribution >= 0.6 is 0 Å². The van der Waals surface area contributed by atoms with Gasteiger partial charge in [0.25, 0.3) is 5.89 Å². The lowest BCUT2D eigenvalue weighted by Crippen LogP contribution is -2.23. The van der Waals surface area contributed by atoms with Crippen molar-refractivity contribution in [1.82, 2.24) is 15.1 Å². The van der Waals surface area contributed by atoms with Crippen molar-refractivity contribution in [2.75, 3.05) is 6.61 Å². The van der Waals surface area contributed by atoms with Crippen LogP contribution in [0.1, 0.15) is 26.6 Å². The highest BCUT2D eigenvalue weighted by atomic mass is 16.5. The number of pyridine rings is 1. The summed E-state index contributed by atoms with van der Waals surface area (Å²) in [6, 6.07) is 3.14. The fourth-order valence-corrected chi connectivity index (χ4v) is 1.55. The predicted octanol–water partition coefficient (Wildman–Crippen LogP) is 2.11. The monoisotopic (exact) mass is 249 g/mol. The number of aromatic nitrogens is 3. The highest BCUT2D eigenvalue weighted by molar-refractivity contribution is 5.55. The summed E-state index contributed by atoms with van der Waals surface area (Å²) < 4.78 is 10.6. The molecule has 18 heavy (non-hydrogen) atoms. The van der Waals surface area contributed by atoms with Crippen LogP contribution in [0.4, 0.5) is 0 Å². The minimum Gasteiger partial charge on any atom is -0.505 e. The summed E-state index contributed by atoms with van der Waals surface area (Å²) in [6.07, 6.45) is 1.55. The Morgan fingerprint density at radius 1 is 1.44 bits per heavy atom. The molecule has 0 saturated heterocycles. The lowest BCUT2D eigenvalue weighted by molar-refractivity contribution is -0.0221. The van der Waals surface area contributed by atoms with Gasteiger partial charge in [0.15, 0.2) is 5.69 Å². The van der Waals surface area contributed by atoms with Gasteiger partial charge in [0.2, 0.25) is 5.82 Å².